The van der Waals surface area contributed by atoms with Crippen molar-refractivity contribution in [2.24, 2.45) is 12.8 Å². The zero-order valence-corrected chi connectivity index (χ0v) is 13.8. The van der Waals surface area contributed by atoms with E-state index in [9.17, 15) is 0 Å². The van der Waals surface area contributed by atoms with Crippen LogP contribution in [0.1, 0.15) is 23.9 Å². The first kappa shape index (κ1) is 15.0. The van der Waals surface area contributed by atoms with Crippen molar-refractivity contribution in [2.75, 3.05) is 0 Å². The number of hydrogen-bond acceptors (Lipinski definition) is 3. The Hall–Kier alpha value is -1.40. The van der Waals surface area contributed by atoms with Crippen LogP contribution in [0.4, 0.5) is 0 Å². The van der Waals surface area contributed by atoms with Gasteiger partial charge in [0.05, 0.1) is 17.0 Å². The number of rotatable bonds is 5. The van der Waals surface area contributed by atoms with Crippen LogP contribution in [0.2, 0.25) is 0 Å². The zero-order valence-electron chi connectivity index (χ0n) is 11.4. The van der Waals surface area contributed by atoms with Crippen LogP contribution in [0.5, 0.6) is 5.75 Å². The molecule has 0 aliphatic rings. The van der Waals surface area contributed by atoms with Crippen molar-refractivity contribution in [3.05, 3.63) is 45.7 Å². The van der Waals surface area contributed by atoms with E-state index in [0.717, 1.165) is 27.8 Å². The molecule has 0 bridgehead atoms. The van der Waals surface area contributed by atoms with Gasteiger partial charge in [0.15, 0.2) is 0 Å². The van der Waals surface area contributed by atoms with Crippen LogP contribution in [0.15, 0.2) is 28.7 Å². The SMILES string of the molecule is CCc1cc(COc2ccc(Br)cc2C(N)=S)n(C)n1. The first-order valence-corrected chi connectivity index (χ1v) is 7.45. The third-order valence-electron chi connectivity index (χ3n) is 2.97. The molecular formula is C14H16BrN3OS. The number of aryl methyl sites for hydroxylation is 2. The molecule has 0 aliphatic carbocycles. The minimum absolute atomic E-state index is 0.320. The molecule has 106 valence electrons. The minimum atomic E-state index is 0.320. The van der Waals surface area contributed by atoms with Gasteiger partial charge in [-0.3, -0.25) is 4.68 Å². The van der Waals surface area contributed by atoms with E-state index in [4.69, 9.17) is 22.7 Å². The summed E-state index contributed by atoms with van der Waals surface area (Å²) >= 11 is 8.45. The molecule has 20 heavy (non-hydrogen) atoms. The summed E-state index contributed by atoms with van der Waals surface area (Å²) < 4.78 is 8.58. The Balaban J connectivity index is 2.18. The van der Waals surface area contributed by atoms with Crippen LogP contribution >= 0.6 is 28.1 Å². The van der Waals surface area contributed by atoms with E-state index >= 15 is 0 Å². The lowest BCUT2D eigenvalue weighted by Gasteiger charge is -2.11. The van der Waals surface area contributed by atoms with Crippen molar-refractivity contribution in [3.8, 4) is 5.75 Å². The maximum atomic E-state index is 5.83. The highest BCUT2D eigenvalue weighted by Crippen LogP contribution is 2.24. The van der Waals surface area contributed by atoms with Crippen LogP contribution < -0.4 is 10.5 Å². The quantitative estimate of drug-likeness (QED) is 0.839. The molecule has 1 aromatic heterocycles. The fraction of sp³-hybridized carbons (Fsp3) is 0.286. The van der Waals surface area contributed by atoms with Crippen molar-refractivity contribution >= 4 is 33.1 Å². The van der Waals surface area contributed by atoms with Gasteiger partial charge >= 0.3 is 0 Å². The summed E-state index contributed by atoms with van der Waals surface area (Å²) in [5.74, 6) is 0.681. The molecule has 4 nitrogen and oxygen atoms in total. The Kier molecular flexibility index (Phi) is 4.77. The number of nitrogens with zero attached hydrogens (tertiary/aromatic N) is 2. The van der Waals surface area contributed by atoms with Crippen LogP contribution in [0.25, 0.3) is 0 Å². The molecule has 1 aromatic carbocycles. The topological polar surface area (TPSA) is 53.1 Å². The standard InChI is InChI=1S/C14H16BrN3OS/c1-3-10-7-11(18(2)17-10)8-19-13-5-4-9(15)6-12(13)14(16)20/h4-7H,3,8H2,1-2H3,(H2,16,20). The second-order valence-corrected chi connectivity index (χ2v) is 5.75. The zero-order chi connectivity index (χ0) is 14.7. The summed E-state index contributed by atoms with van der Waals surface area (Å²) in [6.07, 6.45) is 0.907. The monoisotopic (exact) mass is 353 g/mol. The van der Waals surface area contributed by atoms with Crippen LogP contribution in [-0.4, -0.2) is 14.8 Å². The highest BCUT2D eigenvalue weighted by molar-refractivity contribution is 9.10. The van der Waals surface area contributed by atoms with Crippen LogP contribution in [0, 0.1) is 0 Å². The summed E-state index contributed by atoms with van der Waals surface area (Å²) in [5, 5.41) is 4.39. The van der Waals surface area contributed by atoms with Crippen molar-refractivity contribution in [3.63, 3.8) is 0 Å². The molecule has 0 atom stereocenters. The summed E-state index contributed by atoms with van der Waals surface area (Å²) in [6, 6.07) is 7.66. The lowest BCUT2D eigenvalue weighted by atomic mass is 10.2. The minimum Gasteiger partial charge on any atom is -0.487 e. The van der Waals surface area contributed by atoms with Gasteiger partial charge in [-0.1, -0.05) is 35.1 Å². The van der Waals surface area contributed by atoms with Crippen molar-refractivity contribution in [2.45, 2.75) is 20.0 Å². The number of benzene rings is 1. The number of halogens is 1. The predicted molar refractivity (Wildman–Crippen MR) is 86.9 cm³/mol. The lowest BCUT2D eigenvalue weighted by molar-refractivity contribution is 0.294. The number of ether oxygens (including phenoxy) is 1. The molecule has 0 saturated carbocycles. The highest BCUT2D eigenvalue weighted by Gasteiger charge is 2.09. The highest BCUT2D eigenvalue weighted by atomic mass is 79.9. The molecule has 0 amide bonds. The first-order valence-electron chi connectivity index (χ1n) is 6.25. The van der Waals surface area contributed by atoms with Crippen molar-refractivity contribution in [1.82, 2.24) is 9.78 Å². The van der Waals surface area contributed by atoms with E-state index in [-0.39, 0.29) is 0 Å². The van der Waals surface area contributed by atoms with Gasteiger partial charge in [0.1, 0.15) is 17.3 Å². The molecule has 1 heterocycles. The van der Waals surface area contributed by atoms with Gasteiger partial charge in [-0.15, -0.1) is 0 Å². The normalized spacial score (nSPS) is 10.6. The summed E-state index contributed by atoms with van der Waals surface area (Å²) in [5.41, 5.74) is 8.51. The van der Waals surface area contributed by atoms with E-state index in [2.05, 4.69) is 28.0 Å². The van der Waals surface area contributed by atoms with Crippen LogP contribution in [-0.2, 0) is 20.1 Å². The largest absolute Gasteiger partial charge is 0.487 e. The number of hydrogen-bond donors (Lipinski definition) is 1. The Morgan fingerprint density at radius 1 is 1.45 bits per heavy atom. The number of nitrogens with two attached hydrogens (primary N) is 1. The van der Waals surface area contributed by atoms with Crippen molar-refractivity contribution in [1.29, 1.82) is 0 Å². The van der Waals surface area contributed by atoms with Gasteiger partial charge in [-0.05, 0) is 30.7 Å². The molecular weight excluding hydrogens is 338 g/mol. The molecule has 0 radical (unpaired) electrons. The summed E-state index contributed by atoms with van der Waals surface area (Å²) in [7, 11) is 1.91. The third kappa shape index (κ3) is 3.37. The number of aromatic nitrogens is 2. The van der Waals surface area contributed by atoms with Crippen molar-refractivity contribution < 1.29 is 4.74 Å². The molecule has 2 N–H and O–H groups in total. The second kappa shape index (κ2) is 6.37. The predicted octanol–water partition coefficient (Wildman–Crippen LogP) is 2.96. The van der Waals surface area contributed by atoms with E-state index in [1.165, 1.54) is 0 Å². The average molecular weight is 354 g/mol. The van der Waals surface area contributed by atoms with E-state index in [0.29, 0.717) is 17.3 Å². The molecule has 2 aromatic rings. The average Bonchev–Trinajstić information content (AvgIpc) is 2.78. The van der Waals surface area contributed by atoms with Gasteiger partial charge in [-0.25, -0.2) is 0 Å². The molecule has 0 saturated heterocycles. The Bertz CT molecular complexity index is 639. The maximum absolute atomic E-state index is 5.83. The summed E-state index contributed by atoms with van der Waals surface area (Å²) in [6.45, 7) is 2.51. The summed E-state index contributed by atoms with van der Waals surface area (Å²) in [4.78, 5) is 0.320. The Morgan fingerprint density at radius 3 is 2.80 bits per heavy atom. The van der Waals surface area contributed by atoms with Gasteiger partial charge in [0.2, 0.25) is 0 Å². The van der Waals surface area contributed by atoms with E-state index < -0.39 is 0 Å². The van der Waals surface area contributed by atoms with Crippen LogP contribution in [0.3, 0.4) is 0 Å². The second-order valence-electron chi connectivity index (χ2n) is 4.40. The van der Waals surface area contributed by atoms with Gasteiger partial charge in [-0.2, -0.15) is 5.10 Å². The molecule has 0 aliphatic heterocycles. The molecule has 0 fully saturated rings. The Labute approximate surface area is 132 Å². The molecule has 2 rings (SSSR count). The third-order valence-corrected chi connectivity index (χ3v) is 3.69. The van der Waals surface area contributed by atoms with E-state index in [1.807, 2.05) is 36.0 Å². The first-order chi connectivity index (χ1) is 9.51. The fourth-order valence-corrected chi connectivity index (χ4v) is 2.37. The number of thiocarbonyl (C=S) groups is 1. The lowest BCUT2D eigenvalue weighted by Crippen LogP contribution is -2.12. The smallest absolute Gasteiger partial charge is 0.130 e. The maximum Gasteiger partial charge on any atom is 0.130 e. The van der Waals surface area contributed by atoms with Gasteiger partial charge in [0.25, 0.3) is 0 Å². The van der Waals surface area contributed by atoms with Gasteiger partial charge < -0.3 is 10.5 Å². The molecule has 0 spiro atoms. The molecule has 6 heteroatoms. The Morgan fingerprint density at radius 2 is 2.20 bits per heavy atom. The molecule has 0 unspecified atom stereocenters. The van der Waals surface area contributed by atoms with E-state index in [1.54, 1.807) is 0 Å². The fourth-order valence-electron chi connectivity index (χ4n) is 1.85. The van der Waals surface area contributed by atoms with Gasteiger partial charge in [0, 0.05) is 11.5 Å².